The van der Waals surface area contributed by atoms with Gasteiger partial charge in [-0.25, -0.2) is 36.5 Å². The second-order valence-corrected chi connectivity index (χ2v) is 14.1. The molecule has 3 aromatic carbocycles. The van der Waals surface area contributed by atoms with Gasteiger partial charge in [0.1, 0.15) is 17.0 Å². The summed E-state index contributed by atoms with van der Waals surface area (Å²) in [6.45, 7) is 1.62. The van der Waals surface area contributed by atoms with Gasteiger partial charge in [-0.05, 0) is 43.9 Å². The number of carboxylic acids is 1. The lowest BCUT2D eigenvalue weighted by atomic mass is 9.56. The van der Waals surface area contributed by atoms with Gasteiger partial charge in [0.15, 0.2) is 44.5 Å². The number of imide groups is 2. The van der Waals surface area contributed by atoms with Crippen LogP contribution in [0.3, 0.4) is 0 Å². The fraction of sp³-hybridized carbons (Fsp3) is 0.286. The molecule has 0 spiro atoms. The molecule has 2 aliphatic carbocycles. The first-order valence-electron chi connectivity index (χ1n) is 15.8. The maximum Gasteiger partial charge on any atom is 0.339 e. The number of alkyl halides is 2. The highest BCUT2D eigenvalue weighted by atomic mass is 35.5. The first-order chi connectivity index (χ1) is 24.9. The molecule has 4 aliphatic rings. The van der Waals surface area contributed by atoms with Crippen LogP contribution in [0.25, 0.3) is 0 Å². The fourth-order valence-corrected chi connectivity index (χ4v) is 8.98. The van der Waals surface area contributed by atoms with E-state index in [9.17, 15) is 52.5 Å². The van der Waals surface area contributed by atoms with E-state index in [4.69, 9.17) is 27.9 Å². The maximum absolute atomic E-state index is 15.3. The quantitative estimate of drug-likeness (QED) is 0.0716. The average molecular weight is 781 g/mol. The molecule has 6 atom stereocenters. The molecule has 2 aliphatic heterocycles. The van der Waals surface area contributed by atoms with Crippen LogP contribution in [0.15, 0.2) is 48.0 Å². The zero-order valence-corrected chi connectivity index (χ0v) is 28.3. The van der Waals surface area contributed by atoms with E-state index in [0.717, 1.165) is 18.2 Å². The normalized spacial score (nSPS) is 27.8. The summed E-state index contributed by atoms with van der Waals surface area (Å²) in [6, 6.07) is 6.94. The van der Waals surface area contributed by atoms with Crippen LogP contribution in [0, 0.1) is 46.8 Å². The Kier molecular flexibility index (Phi) is 8.30. The van der Waals surface area contributed by atoms with Crippen molar-refractivity contribution in [2.75, 3.05) is 16.4 Å². The zero-order chi connectivity index (χ0) is 38.6. The van der Waals surface area contributed by atoms with E-state index < -0.39 is 121 Å². The summed E-state index contributed by atoms with van der Waals surface area (Å²) in [6.07, 6.45) is 0.438. The van der Waals surface area contributed by atoms with Gasteiger partial charge in [0.2, 0.25) is 17.6 Å². The van der Waals surface area contributed by atoms with Crippen molar-refractivity contribution in [3.05, 3.63) is 88.3 Å². The molecule has 18 heteroatoms. The second-order valence-electron chi connectivity index (χ2n) is 12.8. The van der Waals surface area contributed by atoms with Gasteiger partial charge in [-0.3, -0.25) is 19.2 Å². The largest absolute Gasteiger partial charge is 0.507 e. The molecule has 1 saturated carbocycles. The molecule has 2 saturated heterocycles. The second kappa shape index (κ2) is 12.2. The van der Waals surface area contributed by atoms with Crippen LogP contribution in [0.4, 0.5) is 33.3 Å². The number of phenolic OH excluding ortho intramolecular Hbond substituents is 1. The summed E-state index contributed by atoms with van der Waals surface area (Å²) >= 11 is 14.2. The van der Waals surface area contributed by atoms with Crippen LogP contribution in [0.5, 0.6) is 17.2 Å². The minimum atomic E-state index is -2.87. The van der Waals surface area contributed by atoms with E-state index in [1.165, 1.54) is 24.3 Å². The van der Waals surface area contributed by atoms with Gasteiger partial charge < -0.3 is 20.1 Å². The molecule has 3 N–H and O–H groups in total. The third kappa shape index (κ3) is 4.67. The molecule has 3 fully saturated rings. The molecule has 3 aromatic rings. The molecule has 0 bridgehead atoms. The predicted octanol–water partition coefficient (Wildman–Crippen LogP) is 5.66. The Morgan fingerprint density at radius 3 is 2.13 bits per heavy atom. The number of benzene rings is 3. The summed E-state index contributed by atoms with van der Waals surface area (Å²) in [4.78, 5) is 62.9. The molecule has 53 heavy (non-hydrogen) atoms. The summed E-state index contributed by atoms with van der Waals surface area (Å²) in [7, 11) is 0. The summed E-state index contributed by atoms with van der Waals surface area (Å²) in [5.41, 5.74) is -2.83. The van der Waals surface area contributed by atoms with Gasteiger partial charge in [-0.2, -0.15) is 0 Å². The highest BCUT2D eigenvalue weighted by Crippen LogP contribution is 2.67. The number of nitrogens with zero attached hydrogens (tertiary/aromatic N) is 2. The third-order valence-corrected chi connectivity index (χ3v) is 11.7. The number of carboxylic acid groups (broad SMARTS) is 1. The van der Waals surface area contributed by atoms with Crippen LogP contribution in [-0.2, 0) is 19.2 Å². The van der Waals surface area contributed by atoms with E-state index in [1.807, 2.05) is 0 Å². The zero-order valence-electron chi connectivity index (χ0n) is 26.8. The monoisotopic (exact) mass is 780 g/mol. The SMILES string of the molecule is CCOc1cccc([C@H]2C3=CC[C@@H]4C(=O)N(c5ccc(C(=O)O)c(O)c5)C(=O)[C@@H]4[C@@H]3C[C@@]3(Cl)C(=O)N(c4c(F)c(F)c(F)c(F)c4F)C(=O)[C@@]23Cl)c1O. The molecular weight excluding hydrogens is 758 g/mol. The molecule has 0 aromatic heterocycles. The Morgan fingerprint density at radius 2 is 1.53 bits per heavy atom. The number of aromatic carboxylic acids is 1. The van der Waals surface area contributed by atoms with E-state index in [0.29, 0.717) is 4.90 Å². The first-order valence-corrected chi connectivity index (χ1v) is 16.6. The van der Waals surface area contributed by atoms with Crippen LogP contribution in [0.2, 0.25) is 0 Å². The number of para-hydroxylation sites is 1. The Morgan fingerprint density at radius 1 is 0.887 bits per heavy atom. The van der Waals surface area contributed by atoms with Gasteiger partial charge in [-0.15, -0.1) is 23.2 Å². The Labute approximate surface area is 304 Å². The number of hydrogen-bond acceptors (Lipinski definition) is 8. The van der Waals surface area contributed by atoms with Crippen LogP contribution >= 0.6 is 23.2 Å². The van der Waals surface area contributed by atoms with Gasteiger partial charge >= 0.3 is 5.97 Å². The van der Waals surface area contributed by atoms with E-state index in [-0.39, 0.29) is 40.5 Å². The van der Waals surface area contributed by atoms with Crippen molar-refractivity contribution < 1.29 is 66.0 Å². The lowest BCUT2D eigenvalue weighted by Crippen LogP contribution is -2.60. The van der Waals surface area contributed by atoms with Gasteiger partial charge in [0.05, 0.1) is 24.1 Å². The molecule has 276 valence electrons. The highest BCUT2D eigenvalue weighted by Gasteiger charge is 2.77. The number of carbonyl (C=O) groups excluding carboxylic acids is 4. The van der Waals surface area contributed by atoms with Gasteiger partial charge in [0, 0.05) is 17.5 Å². The first kappa shape index (κ1) is 36.2. The third-order valence-electron chi connectivity index (χ3n) is 10.3. The Hall–Kier alpha value is -5.22. The van der Waals surface area contributed by atoms with E-state index in [1.54, 1.807) is 6.92 Å². The summed E-state index contributed by atoms with van der Waals surface area (Å²) in [5.74, 6) is -26.3. The van der Waals surface area contributed by atoms with Crippen molar-refractivity contribution in [3.8, 4) is 17.2 Å². The number of hydrogen-bond donors (Lipinski definition) is 3. The number of anilines is 2. The minimum Gasteiger partial charge on any atom is -0.507 e. The molecule has 0 unspecified atom stereocenters. The minimum absolute atomic E-state index is 0.0309. The lowest BCUT2D eigenvalue weighted by molar-refractivity contribution is -0.125. The number of fused-ring (bicyclic) bond motifs is 4. The number of allylic oxidation sites excluding steroid dienone is 2. The molecule has 2 heterocycles. The molecule has 7 rings (SSSR count). The molecular formula is C35H23Cl2F5N2O9. The number of amides is 4. The fourth-order valence-electron chi connectivity index (χ4n) is 8.05. The van der Waals surface area contributed by atoms with Crippen molar-refractivity contribution in [3.63, 3.8) is 0 Å². The number of carbonyl (C=O) groups is 5. The van der Waals surface area contributed by atoms with Gasteiger partial charge in [-0.1, -0.05) is 23.8 Å². The highest BCUT2D eigenvalue weighted by molar-refractivity contribution is 6.58. The van der Waals surface area contributed by atoms with Crippen molar-refractivity contribution in [2.24, 2.45) is 17.8 Å². The average Bonchev–Trinajstić information content (AvgIpc) is 3.45. The number of ether oxygens (including phenoxy) is 1. The van der Waals surface area contributed by atoms with Gasteiger partial charge in [0.25, 0.3) is 11.8 Å². The summed E-state index contributed by atoms with van der Waals surface area (Å²) < 4.78 is 79.0. The van der Waals surface area contributed by atoms with Crippen LogP contribution < -0.4 is 14.5 Å². The molecule has 11 nitrogen and oxygen atoms in total. The standard InChI is InChI=1S/C35H23Cl2F5N2O9/c1-2-53-19-5-3-4-16(28(19)46)21-13-8-9-15-20(30(48)43(29(15)47)12-6-7-14(31(49)50)18(45)10-12)17(13)11-34(36)32(51)44(33(52)35(21,34)37)27-25(41)23(39)22(38)24(40)26(27)42/h3-8,10,15,17,20-21,45-46H,2,9,11H2,1H3,(H,49,50)/t15-,17+,20-,21+,34+,35-/m0/s1. The van der Waals surface area contributed by atoms with E-state index >= 15 is 8.78 Å². The van der Waals surface area contributed by atoms with Crippen LogP contribution in [0.1, 0.15) is 41.6 Å². The smallest absolute Gasteiger partial charge is 0.339 e. The summed E-state index contributed by atoms with van der Waals surface area (Å²) in [5, 5.41) is 31.1. The number of aromatic hydroxyl groups is 2. The number of rotatable bonds is 6. The number of phenols is 2. The Balaban J connectivity index is 1.43. The van der Waals surface area contributed by atoms with Crippen molar-refractivity contribution >= 4 is 64.2 Å². The van der Waals surface area contributed by atoms with Crippen molar-refractivity contribution in [1.82, 2.24) is 0 Å². The predicted molar refractivity (Wildman–Crippen MR) is 173 cm³/mol. The maximum atomic E-state index is 15.3. The van der Waals surface area contributed by atoms with Crippen molar-refractivity contribution in [1.29, 1.82) is 0 Å². The van der Waals surface area contributed by atoms with E-state index in [2.05, 4.69) is 0 Å². The Bertz CT molecular complexity index is 2230. The van der Waals surface area contributed by atoms with Crippen LogP contribution in [-0.4, -0.2) is 61.3 Å². The number of halogens is 7. The molecule has 4 amide bonds. The topological polar surface area (TPSA) is 162 Å². The lowest BCUT2D eigenvalue weighted by Gasteiger charge is -2.50. The molecule has 0 radical (unpaired) electrons. The van der Waals surface area contributed by atoms with Crippen molar-refractivity contribution in [2.45, 2.75) is 35.4 Å².